The first-order valence-corrected chi connectivity index (χ1v) is 6.67. The zero-order valence-electron chi connectivity index (χ0n) is 11.8. The highest BCUT2D eigenvalue weighted by Crippen LogP contribution is 2.20. The Balaban J connectivity index is 2.10. The number of hydrogen-bond acceptors (Lipinski definition) is 4. The van der Waals surface area contributed by atoms with E-state index in [1.807, 2.05) is 13.8 Å². The summed E-state index contributed by atoms with van der Waals surface area (Å²) >= 11 is 0. The summed E-state index contributed by atoms with van der Waals surface area (Å²) in [4.78, 5) is 23.0. The van der Waals surface area contributed by atoms with Crippen molar-refractivity contribution in [1.82, 2.24) is 15.5 Å². The molecular formula is C14H17N3O4. The Labute approximate surface area is 121 Å². The van der Waals surface area contributed by atoms with E-state index in [9.17, 15) is 9.59 Å². The fourth-order valence-electron chi connectivity index (χ4n) is 1.92. The molecule has 1 atom stereocenters. The first kappa shape index (κ1) is 14.8. The summed E-state index contributed by atoms with van der Waals surface area (Å²) in [5.41, 5.74) is 0.692. The topological polar surface area (TPSA) is 108 Å². The molecule has 2 aromatic heterocycles. The maximum absolute atomic E-state index is 12.0. The number of carboxylic acid groups (broad SMARTS) is 1. The van der Waals surface area contributed by atoms with Gasteiger partial charge in [0.1, 0.15) is 17.5 Å². The Morgan fingerprint density at radius 1 is 1.48 bits per heavy atom. The van der Waals surface area contributed by atoms with E-state index in [0.29, 0.717) is 24.3 Å². The summed E-state index contributed by atoms with van der Waals surface area (Å²) in [6, 6.07) is 4.19. The highest BCUT2D eigenvalue weighted by molar-refractivity contribution is 5.95. The zero-order valence-corrected chi connectivity index (χ0v) is 11.8. The van der Waals surface area contributed by atoms with Crippen LogP contribution in [0.4, 0.5) is 0 Å². The Morgan fingerprint density at radius 3 is 2.81 bits per heavy atom. The van der Waals surface area contributed by atoms with E-state index in [4.69, 9.17) is 9.52 Å². The van der Waals surface area contributed by atoms with Gasteiger partial charge in [0.2, 0.25) is 0 Å². The summed E-state index contributed by atoms with van der Waals surface area (Å²) in [6.07, 6.45) is 1.03. The lowest BCUT2D eigenvalue weighted by molar-refractivity contribution is -0.139. The quantitative estimate of drug-likeness (QED) is 0.754. The fraction of sp³-hybridized carbons (Fsp3) is 0.357. The lowest BCUT2D eigenvalue weighted by atomic mass is 10.1. The van der Waals surface area contributed by atoms with Crippen LogP contribution in [0, 0.1) is 6.92 Å². The molecule has 2 rings (SSSR count). The summed E-state index contributed by atoms with van der Waals surface area (Å²) in [6.45, 7) is 3.67. The van der Waals surface area contributed by atoms with Crippen molar-refractivity contribution in [2.75, 3.05) is 0 Å². The maximum Gasteiger partial charge on any atom is 0.326 e. The van der Waals surface area contributed by atoms with Crippen LogP contribution in [0.15, 0.2) is 22.6 Å². The third kappa shape index (κ3) is 3.50. The van der Waals surface area contributed by atoms with E-state index >= 15 is 0 Å². The average molecular weight is 291 g/mol. The van der Waals surface area contributed by atoms with E-state index in [0.717, 1.165) is 5.76 Å². The predicted molar refractivity (Wildman–Crippen MR) is 74.8 cm³/mol. The van der Waals surface area contributed by atoms with Gasteiger partial charge in [0.05, 0.1) is 0 Å². The molecule has 0 unspecified atom stereocenters. The lowest BCUT2D eigenvalue weighted by Gasteiger charge is -2.11. The minimum atomic E-state index is -1.05. The molecule has 0 spiro atoms. The largest absolute Gasteiger partial charge is 0.480 e. The van der Waals surface area contributed by atoms with E-state index in [2.05, 4.69) is 15.5 Å². The fourth-order valence-corrected chi connectivity index (χ4v) is 1.92. The smallest absolute Gasteiger partial charge is 0.326 e. The van der Waals surface area contributed by atoms with Crippen LogP contribution in [0.3, 0.4) is 0 Å². The van der Waals surface area contributed by atoms with Crippen LogP contribution in [0.1, 0.15) is 36.0 Å². The third-order valence-corrected chi connectivity index (χ3v) is 3.00. The van der Waals surface area contributed by atoms with Gasteiger partial charge in [-0.2, -0.15) is 5.10 Å². The highest BCUT2D eigenvalue weighted by atomic mass is 16.4. The van der Waals surface area contributed by atoms with E-state index in [1.165, 1.54) is 6.07 Å². The number of nitrogens with one attached hydrogen (secondary N) is 2. The number of aryl methyl sites for hydroxylation is 1. The Bertz CT molecular complexity index is 644. The molecule has 0 aliphatic carbocycles. The highest BCUT2D eigenvalue weighted by Gasteiger charge is 2.21. The number of carboxylic acids is 1. The van der Waals surface area contributed by atoms with Crippen molar-refractivity contribution >= 4 is 11.9 Å². The van der Waals surface area contributed by atoms with Crippen LogP contribution in [0.25, 0.3) is 11.5 Å². The molecule has 0 aromatic carbocycles. The number of aromatic amines is 1. The molecule has 0 fully saturated rings. The van der Waals surface area contributed by atoms with Gasteiger partial charge in [0.15, 0.2) is 11.5 Å². The molecule has 7 nitrogen and oxygen atoms in total. The van der Waals surface area contributed by atoms with Crippen molar-refractivity contribution < 1.29 is 19.1 Å². The van der Waals surface area contributed by atoms with E-state index in [-0.39, 0.29) is 5.69 Å². The molecule has 112 valence electrons. The van der Waals surface area contributed by atoms with Gasteiger partial charge in [0.25, 0.3) is 5.91 Å². The normalized spacial score (nSPS) is 12.1. The van der Waals surface area contributed by atoms with Gasteiger partial charge < -0.3 is 14.8 Å². The molecule has 1 amide bonds. The minimum absolute atomic E-state index is 0.126. The SMILES string of the molecule is CCC[C@@H](NC(=O)c1cc(-c2ccc(C)o2)[nH]n1)C(=O)O. The van der Waals surface area contributed by atoms with Crippen molar-refractivity contribution in [3.63, 3.8) is 0 Å². The van der Waals surface area contributed by atoms with Crippen molar-refractivity contribution in [2.24, 2.45) is 0 Å². The summed E-state index contributed by atoms with van der Waals surface area (Å²) in [5.74, 6) is -0.258. The van der Waals surface area contributed by atoms with E-state index in [1.54, 1.807) is 12.1 Å². The lowest BCUT2D eigenvalue weighted by Crippen LogP contribution is -2.40. The average Bonchev–Trinajstić information content (AvgIpc) is 3.06. The molecule has 2 heterocycles. The molecule has 0 saturated heterocycles. The van der Waals surface area contributed by atoms with Crippen LogP contribution in [-0.2, 0) is 4.79 Å². The van der Waals surface area contributed by atoms with Crippen LogP contribution in [0.2, 0.25) is 0 Å². The second kappa shape index (κ2) is 6.25. The molecule has 0 aliphatic heterocycles. The van der Waals surface area contributed by atoms with Crippen molar-refractivity contribution in [3.05, 3.63) is 29.7 Å². The Morgan fingerprint density at radius 2 is 2.24 bits per heavy atom. The number of rotatable bonds is 6. The van der Waals surface area contributed by atoms with Gasteiger partial charge in [-0.15, -0.1) is 0 Å². The monoisotopic (exact) mass is 291 g/mol. The molecule has 0 saturated carbocycles. The number of aromatic nitrogens is 2. The van der Waals surface area contributed by atoms with Crippen molar-refractivity contribution in [2.45, 2.75) is 32.7 Å². The second-order valence-electron chi connectivity index (χ2n) is 4.73. The first-order chi connectivity index (χ1) is 10.0. The number of hydrogen-bond donors (Lipinski definition) is 3. The molecule has 0 radical (unpaired) electrons. The molecule has 3 N–H and O–H groups in total. The maximum atomic E-state index is 12.0. The number of carbonyl (C=O) groups excluding carboxylic acids is 1. The minimum Gasteiger partial charge on any atom is -0.480 e. The molecular weight excluding hydrogens is 274 g/mol. The molecule has 0 aliphatic rings. The number of furan rings is 1. The van der Waals surface area contributed by atoms with E-state index < -0.39 is 17.9 Å². The van der Waals surface area contributed by atoms with Crippen LogP contribution < -0.4 is 5.32 Å². The van der Waals surface area contributed by atoms with Crippen LogP contribution in [-0.4, -0.2) is 33.2 Å². The van der Waals surface area contributed by atoms with Gasteiger partial charge in [-0.05, 0) is 25.5 Å². The van der Waals surface area contributed by atoms with Gasteiger partial charge >= 0.3 is 5.97 Å². The number of amides is 1. The number of carbonyl (C=O) groups is 2. The van der Waals surface area contributed by atoms with Crippen LogP contribution >= 0.6 is 0 Å². The van der Waals surface area contributed by atoms with Gasteiger partial charge in [-0.25, -0.2) is 4.79 Å². The second-order valence-corrected chi connectivity index (χ2v) is 4.73. The van der Waals surface area contributed by atoms with Crippen molar-refractivity contribution in [3.8, 4) is 11.5 Å². The van der Waals surface area contributed by atoms with Gasteiger partial charge in [0, 0.05) is 6.07 Å². The third-order valence-electron chi connectivity index (χ3n) is 3.00. The van der Waals surface area contributed by atoms with Crippen LogP contribution in [0.5, 0.6) is 0 Å². The Hall–Kier alpha value is -2.57. The number of H-pyrrole nitrogens is 1. The standard InChI is InChI=1S/C14H17N3O4/c1-3-4-9(14(19)20)15-13(18)11-7-10(16-17-11)12-6-5-8(2)21-12/h5-7,9H,3-4H2,1-2H3,(H,15,18)(H,16,17)(H,19,20)/t9-/m1/s1. The molecule has 2 aromatic rings. The summed E-state index contributed by atoms with van der Waals surface area (Å²) < 4.78 is 5.42. The summed E-state index contributed by atoms with van der Waals surface area (Å²) in [7, 11) is 0. The first-order valence-electron chi connectivity index (χ1n) is 6.67. The molecule has 0 bridgehead atoms. The Kier molecular flexibility index (Phi) is 4.42. The molecule has 7 heteroatoms. The molecule has 21 heavy (non-hydrogen) atoms. The number of nitrogens with zero attached hydrogens (tertiary/aromatic N) is 1. The predicted octanol–water partition coefficient (Wildman–Crippen LogP) is 1.96. The summed E-state index contributed by atoms with van der Waals surface area (Å²) in [5, 5.41) is 18.1. The number of aliphatic carboxylic acids is 1. The van der Waals surface area contributed by atoms with Crippen molar-refractivity contribution in [1.29, 1.82) is 0 Å². The van der Waals surface area contributed by atoms with Gasteiger partial charge in [-0.3, -0.25) is 9.89 Å². The van der Waals surface area contributed by atoms with Gasteiger partial charge in [-0.1, -0.05) is 13.3 Å². The zero-order chi connectivity index (χ0) is 15.4.